The van der Waals surface area contributed by atoms with Crippen molar-refractivity contribution in [1.29, 1.82) is 0 Å². The Hall–Kier alpha value is -3.40. The van der Waals surface area contributed by atoms with Crippen molar-refractivity contribution in [3.63, 3.8) is 0 Å². The minimum Gasteiger partial charge on any atom is -0.356 e. The van der Waals surface area contributed by atoms with Gasteiger partial charge in [-0.15, -0.1) is 0 Å². The number of imidazole rings is 1. The van der Waals surface area contributed by atoms with E-state index in [2.05, 4.69) is 72.3 Å². The zero-order valence-corrected chi connectivity index (χ0v) is 19.0. The Morgan fingerprint density at radius 2 is 1.72 bits per heavy atom. The predicted octanol–water partition coefficient (Wildman–Crippen LogP) is 5.38. The second-order valence-corrected chi connectivity index (χ2v) is 8.47. The van der Waals surface area contributed by atoms with E-state index in [4.69, 9.17) is 4.98 Å². The summed E-state index contributed by atoms with van der Waals surface area (Å²) in [7, 11) is 0. The minimum atomic E-state index is 0.109. The molecule has 1 amide bonds. The molecule has 4 rings (SSSR count). The lowest BCUT2D eigenvalue weighted by Gasteiger charge is -2.13. The van der Waals surface area contributed by atoms with Gasteiger partial charge in [-0.2, -0.15) is 0 Å². The van der Waals surface area contributed by atoms with Crippen LogP contribution in [0.5, 0.6) is 0 Å². The van der Waals surface area contributed by atoms with Gasteiger partial charge in [0.05, 0.1) is 11.0 Å². The van der Waals surface area contributed by atoms with E-state index in [-0.39, 0.29) is 5.91 Å². The first kappa shape index (κ1) is 21.8. The summed E-state index contributed by atoms with van der Waals surface area (Å²) >= 11 is 0. The maximum atomic E-state index is 12.2. The fourth-order valence-corrected chi connectivity index (χ4v) is 4.10. The van der Waals surface area contributed by atoms with Gasteiger partial charge in [-0.3, -0.25) is 4.79 Å². The van der Waals surface area contributed by atoms with Crippen LogP contribution in [-0.2, 0) is 24.2 Å². The average molecular weight is 426 g/mol. The number of carbonyl (C=O) groups excluding carboxylic acids is 1. The zero-order chi connectivity index (χ0) is 22.3. The van der Waals surface area contributed by atoms with Crippen molar-refractivity contribution < 1.29 is 4.79 Å². The van der Waals surface area contributed by atoms with Crippen LogP contribution >= 0.6 is 0 Å². The monoisotopic (exact) mass is 425 g/mol. The standard InChI is InChI=1S/C28H31N3O/c1-21-14-15-22(2)24(19-21)20-31-26-12-7-6-11-25(26)30-27(31)13-8-18-29-28(32)17-16-23-9-4-3-5-10-23/h3-7,9-12,14-15,19H,8,13,16-18,20H2,1-2H3,(H,29,32). The highest BCUT2D eigenvalue weighted by molar-refractivity contribution is 5.76. The molecule has 1 heterocycles. The van der Waals surface area contributed by atoms with Crippen molar-refractivity contribution >= 4 is 16.9 Å². The molecule has 4 heteroatoms. The molecule has 0 bridgehead atoms. The molecule has 0 spiro atoms. The molecule has 0 unspecified atom stereocenters. The minimum absolute atomic E-state index is 0.109. The summed E-state index contributed by atoms with van der Waals surface area (Å²) in [6.07, 6.45) is 3.00. The van der Waals surface area contributed by atoms with E-state index in [1.165, 1.54) is 22.3 Å². The largest absolute Gasteiger partial charge is 0.356 e. The van der Waals surface area contributed by atoms with Crippen molar-refractivity contribution in [3.8, 4) is 0 Å². The molecule has 4 nitrogen and oxygen atoms in total. The van der Waals surface area contributed by atoms with Crippen molar-refractivity contribution in [2.45, 2.75) is 46.1 Å². The third kappa shape index (κ3) is 5.44. The third-order valence-electron chi connectivity index (χ3n) is 5.95. The van der Waals surface area contributed by atoms with Gasteiger partial charge in [0.1, 0.15) is 5.82 Å². The molecular formula is C28H31N3O. The van der Waals surface area contributed by atoms with Gasteiger partial charge >= 0.3 is 0 Å². The quantitative estimate of drug-likeness (QED) is 0.366. The van der Waals surface area contributed by atoms with Gasteiger partial charge < -0.3 is 9.88 Å². The van der Waals surface area contributed by atoms with Crippen LogP contribution in [0.4, 0.5) is 0 Å². The molecule has 0 atom stereocenters. The fourth-order valence-electron chi connectivity index (χ4n) is 4.10. The number of aryl methyl sites for hydroxylation is 4. The number of para-hydroxylation sites is 2. The van der Waals surface area contributed by atoms with Gasteiger partial charge in [0.25, 0.3) is 0 Å². The first-order valence-electron chi connectivity index (χ1n) is 11.4. The van der Waals surface area contributed by atoms with Crippen LogP contribution in [0.2, 0.25) is 0 Å². The number of hydrogen-bond donors (Lipinski definition) is 1. The lowest BCUT2D eigenvalue weighted by atomic mass is 10.1. The number of fused-ring (bicyclic) bond motifs is 1. The van der Waals surface area contributed by atoms with E-state index in [1.54, 1.807) is 0 Å². The SMILES string of the molecule is Cc1ccc(C)c(Cn2c(CCCNC(=O)CCc3ccccc3)nc3ccccc32)c1. The molecule has 0 aliphatic carbocycles. The molecule has 1 aromatic heterocycles. The molecule has 0 aliphatic rings. The molecule has 0 saturated heterocycles. The summed E-state index contributed by atoms with van der Waals surface area (Å²) in [5.74, 6) is 1.18. The Morgan fingerprint density at radius 1 is 0.938 bits per heavy atom. The molecule has 0 saturated carbocycles. The molecule has 164 valence electrons. The lowest BCUT2D eigenvalue weighted by Crippen LogP contribution is -2.25. The molecule has 1 N–H and O–H groups in total. The maximum Gasteiger partial charge on any atom is 0.220 e. The van der Waals surface area contributed by atoms with E-state index in [9.17, 15) is 4.79 Å². The number of amides is 1. The maximum absolute atomic E-state index is 12.2. The Kier molecular flexibility index (Phi) is 7.00. The van der Waals surface area contributed by atoms with Gasteiger partial charge in [-0.1, -0.05) is 66.2 Å². The zero-order valence-electron chi connectivity index (χ0n) is 19.0. The lowest BCUT2D eigenvalue weighted by molar-refractivity contribution is -0.121. The molecular weight excluding hydrogens is 394 g/mol. The van der Waals surface area contributed by atoms with Gasteiger partial charge in [0.15, 0.2) is 0 Å². The van der Waals surface area contributed by atoms with Crippen LogP contribution in [-0.4, -0.2) is 22.0 Å². The smallest absolute Gasteiger partial charge is 0.220 e. The number of aromatic nitrogens is 2. The van der Waals surface area contributed by atoms with Gasteiger partial charge in [-0.05, 0) is 55.5 Å². The van der Waals surface area contributed by atoms with E-state index in [0.29, 0.717) is 13.0 Å². The summed E-state index contributed by atoms with van der Waals surface area (Å²) in [4.78, 5) is 17.1. The average Bonchev–Trinajstić information content (AvgIpc) is 3.16. The molecule has 4 aromatic rings. The van der Waals surface area contributed by atoms with E-state index < -0.39 is 0 Å². The number of hydrogen-bond acceptors (Lipinski definition) is 2. The first-order chi connectivity index (χ1) is 15.6. The number of rotatable bonds is 9. The van der Waals surface area contributed by atoms with E-state index >= 15 is 0 Å². The Labute approximate surface area is 190 Å². The van der Waals surface area contributed by atoms with Crippen LogP contribution in [0, 0.1) is 13.8 Å². The molecule has 0 fully saturated rings. The van der Waals surface area contributed by atoms with Crippen molar-refractivity contribution in [2.24, 2.45) is 0 Å². The number of nitrogens with zero attached hydrogens (tertiary/aromatic N) is 2. The Bertz CT molecular complexity index is 1190. The predicted molar refractivity (Wildman–Crippen MR) is 131 cm³/mol. The highest BCUT2D eigenvalue weighted by Gasteiger charge is 2.12. The summed E-state index contributed by atoms with van der Waals surface area (Å²) in [6, 6.07) is 25.1. The summed E-state index contributed by atoms with van der Waals surface area (Å²) in [5, 5.41) is 3.07. The van der Waals surface area contributed by atoms with Crippen LogP contribution in [0.15, 0.2) is 72.8 Å². The van der Waals surface area contributed by atoms with Crippen LogP contribution in [0.1, 0.15) is 40.9 Å². The van der Waals surface area contributed by atoms with Crippen LogP contribution in [0.25, 0.3) is 11.0 Å². The second kappa shape index (κ2) is 10.3. The number of nitrogens with one attached hydrogen (secondary N) is 1. The highest BCUT2D eigenvalue weighted by atomic mass is 16.1. The van der Waals surface area contributed by atoms with E-state index in [0.717, 1.165) is 42.7 Å². The third-order valence-corrected chi connectivity index (χ3v) is 5.95. The normalized spacial score (nSPS) is 11.1. The van der Waals surface area contributed by atoms with Crippen LogP contribution in [0.3, 0.4) is 0 Å². The second-order valence-electron chi connectivity index (χ2n) is 8.47. The summed E-state index contributed by atoms with van der Waals surface area (Å²) in [5.41, 5.74) is 7.28. The van der Waals surface area contributed by atoms with Gasteiger partial charge in [0.2, 0.25) is 5.91 Å². The molecule has 0 aliphatic heterocycles. The van der Waals surface area contributed by atoms with Gasteiger partial charge in [0, 0.05) is 25.9 Å². The molecule has 32 heavy (non-hydrogen) atoms. The fraction of sp³-hybridized carbons (Fsp3) is 0.286. The van der Waals surface area contributed by atoms with E-state index in [1.807, 2.05) is 24.3 Å². The summed E-state index contributed by atoms with van der Waals surface area (Å²) < 4.78 is 2.33. The number of carbonyl (C=O) groups is 1. The highest BCUT2D eigenvalue weighted by Crippen LogP contribution is 2.21. The molecule has 3 aromatic carbocycles. The van der Waals surface area contributed by atoms with Crippen molar-refractivity contribution in [1.82, 2.24) is 14.9 Å². The van der Waals surface area contributed by atoms with Gasteiger partial charge in [-0.25, -0.2) is 4.98 Å². The number of benzene rings is 3. The molecule has 0 radical (unpaired) electrons. The summed E-state index contributed by atoms with van der Waals surface area (Å²) in [6.45, 7) is 5.78. The first-order valence-corrected chi connectivity index (χ1v) is 11.4. The van der Waals surface area contributed by atoms with Crippen LogP contribution < -0.4 is 5.32 Å². The Morgan fingerprint density at radius 3 is 2.56 bits per heavy atom. The Balaban J connectivity index is 1.38. The van der Waals surface area contributed by atoms with Crippen molar-refractivity contribution in [2.75, 3.05) is 6.54 Å². The topological polar surface area (TPSA) is 46.9 Å². The van der Waals surface area contributed by atoms with Crippen molar-refractivity contribution in [3.05, 3.63) is 101 Å².